The fourth-order valence-electron chi connectivity index (χ4n) is 1.53. The number of hydrogen-bond donors (Lipinski definition) is 1. The third kappa shape index (κ3) is 1.66. The van der Waals surface area contributed by atoms with Crippen molar-refractivity contribution in [2.75, 3.05) is 0 Å². The van der Waals surface area contributed by atoms with Gasteiger partial charge < -0.3 is 10.2 Å². The molecule has 1 heterocycles. The molecule has 3 heteroatoms. The van der Waals surface area contributed by atoms with Crippen LogP contribution in [0.1, 0.15) is 24.1 Å². The summed E-state index contributed by atoms with van der Waals surface area (Å²) in [5, 5.41) is 0.602. The zero-order valence-corrected chi connectivity index (χ0v) is 8.78. The Morgan fingerprint density at radius 3 is 2.80 bits per heavy atom. The summed E-state index contributed by atoms with van der Waals surface area (Å²) in [5.41, 5.74) is 7.94. The normalized spacial score (nSPS) is 13.0. The van der Waals surface area contributed by atoms with Crippen LogP contribution in [-0.4, -0.2) is 0 Å². The fourth-order valence-corrected chi connectivity index (χ4v) is 1.53. The lowest BCUT2D eigenvalue weighted by Gasteiger charge is -2.06. The second kappa shape index (κ2) is 3.51. The summed E-state index contributed by atoms with van der Waals surface area (Å²) in [4.78, 5) is 11.8. The summed E-state index contributed by atoms with van der Waals surface area (Å²) < 4.78 is 5.32. The molecule has 1 atom stereocenters. The fraction of sp³-hybridized carbons (Fsp3) is 0.250. The van der Waals surface area contributed by atoms with E-state index in [4.69, 9.17) is 10.2 Å². The lowest BCUT2D eigenvalue weighted by atomic mass is 10.1. The first-order valence-corrected chi connectivity index (χ1v) is 4.87. The second-order valence-electron chi connectivity index (χ2n) is 3.79. The molecule has 2 aromatic rings. The van der Waals surface area contributed by atoms with Gasteiger partial charge in [0, 0.05) is 11.6 Å². The molecule has 0 aliphatic rings. The molecule has 2 rings (SSSR count). The van der Waals surface area contributed by atoms with Gasteiger partial charge in [-0.2, -0.15) is 0 Å². The van der Waals surface area contributed by atoms with Gasteiger partial charge in [0.25, 0.3) is 0 Å². The van der Waals surface area contributed by atoms with Crippen molar-refractivity contribution < 1.29 is 4.42 Å². The summed E-state index contributed by atoms with van der Waals surface area (Å²) in [6.45, 7) is 3.63. The third-order valence-electron chi connectivity index (χ3n) is 2.49. The van der Waals surface area contributed by atoms with Crippen LogP contribution in [0, 0.1) is 6.92 Å². The van der Waals surface area contributed by atoms with Gasteiger partial charge >= 0.3 is 0 Å². The number of benzene rings is 1. The van der Waals surface area contributed by atoms with Crippen LogP contribution in [0.3, 0.4) is 0 Å². The second-order valence-corrected chi connectivity index (χ2v) is 3.79. The highest BCUT2D eigenvalue weighted by molar-refractivity contribution is 5.77. The molecule has 0 aliphatic heterocycles. The topological polar surface area (TPSA) is 56.2 Å². The highest BCUT2D eigenvalue weighted by atomic mass is 16.3. The maximum absolute atomic E-state index is 11.8. The maximum atomic E-state index is 11.8. The van der Waals surface area contributed by atoms with E-state index < -0.39 is 0 Å². The Hall–Kier alpha value is -1.61. The van der Waals surface area contributed by atoms with Gasteiger partial charge in [0.15, 0.2) is 5.43 Å². The minimum atomic E-state index is -0.0747. The van der Waals surface area contributed by atoms with Crippen molar-refractivity contribution in [2.45, 2.75) is 19.9 Å². The highest BCUT2D eigenvalue weighted by Gasteiger charge is 2.06. The van der Waals surface area contributed by atoms with Crippen molar-refractivity contribution >= 4 is 11.0 Å². The number of nitrogens with two attached hydrogens (primary N) is 1. The Bertz CT molecular complexity index is 555. The first kappa shape index (κ1) is 9.93. The number of hydrogen-bond acceptors (Lipinski definition) is 3. The van der Waals surface area contributed by atoms with Crippen LogP contribution in [-0.2, 0) is 0 Å². The van der Waals surface area contributed by atoms with Gasteiger partial charge in [-0.1, -0.05) is 6.07 Å². The Morgan fingerprint density at radius 1 is 1.40 bits per heavy atom. The van der Waals surface area contributed by atoms with Crippen molar-refractivity contribution in [1.29, 1.82) is 0 Å². The molecular formula is C12H13NO2. The molecule has 0 saturated heterocycles. The van der Waals surface area contributed by atoms with Gasteiger partial charge in [-0.15, -0.1) is 0 Å². The molecule has 0 amide bonds. The van der Waals surface area contributed by atoms with Crippen LogP contribution < -0.4 is 11.2 Å². The molecule has 78 valence electrons. The molecule has 0 fully saturated rings. The average Bonchev–Trinajstić information content (AvgIpc) is 2.23. The standard InChI is InChI=1S/C12H13NO2/c1-7-6-15-11-4-3-9(8(2)13)5-10(11)12(7)14/h3-6,8H,13H2,1-2H3. The largest absolute Gasteiger partial charge is 0.464 e. The zero-order chi connectivity index (χ0) is 11.0. The molecule has 0 spiro atoms. The van der Waals surface area contributed by atoms with Crippen LogP contribution in [0.15, 0.2) is 33.7 Å². The molecular weight excluding hydrogens is 190 g/mol. The van der Waals surface area contributed by atoms with E-state index in [2.05, 4.69) is 0 Å². The van der Waals surface area contributed by atoms with Crippen molar-refractivity contribution in [3.8, 4) is 0 Å². The highest BCUT2D eigenvalue weighted by Crippen LogP contribution is 2.17. The summed E-state index contributed by atoms with van der Waals surface area (Å²) >= 11 is 0. The van der Waals surface area contributed by atoms with Gasteiger partial charge in [0.2, 0.25) is 0 Å². The van der Waals surface area contributed by atoms with Gasteiger partial charge in [0.1, 0.15) is 5.58 Å². The Kier molecular flexibility index (Phi) is 2.32. The zero-order valence-electron chi connectivity index (χ0n) is 8.78. The Labute approximate surface area is 87.5 Å². The predicted molar refractivity (Wildman–Crippen MR) is 59.8 cm³/mol. The molecule has 2 N–H and O–H groups in total. The molecule has 15 heavy (non-hydrogen) atoms. The first-order chi connectivity index (χ1) is 7.09. The molecule has 3 nitrogen and oxygen atoms in total. The quantitative estimate of drug-likeness (QED) is 0.772. The third-order valence-corrected chi connectivity index (χ3v) is 2.49. The van der Waals surface area contributed by atoms with Gasteiger partial charge in [0.05, 0.1) is 11.6 Å². The lowest BCUT2D eigenvalue weighted by molar-refractivity contribution is 0.597. The van der Waals surface area contributed by atoms with E-state index in [-0.39, 0.29) is 11.5 Å². The van der Waals surface area contributed by atoms with E-state index in [1.165, 1.54) is 6.26 Å². The van der Waals surface area contributed by atoms with E-state index in [1.807, 2.05) is 13.0 Å². The first-order valence-electron chi connectivity index (χ1n) is 4.87. The molecule has 0 bridgehead atoms. The summed E-state index contributed by atoms with van der Waals surface area (Å²) in [6, 6.07) is 5.40. The van der Waals surface area contributed by atoms with E-state index >= 15 is 0 Å². The number of aryl methyl sites for hydroxylation is 1. The van der Waals surface area contributed by atoms with Crippen LogP contribution >= 0.6 is 0 Å². The van der Waals surface area contributed by atoms with E-state index in [9.17, 15) is 4.79 Å². The van der Waals surface area contributed by atoms with Crippen molar-refractivity contribution in [3.05, 3.63) is 45.8 Å². The van der Waals surface area contributed by atoms with E-state index in [1.54, 1.807) is 19.1 Å². The summed E-state index contributed by atoms with van der Waals surface area (Å²) in [7, 11) is 0. The van der Waals surface area contributed by atoms with Crippen LogP contribution in [0.2, 0.25) is 0 Å². The van der Waals surface area contributed by atoms with E-state index in [0.29, 0.717) is 16.5 Å². The summed E-state index contributed by atoms with van der Waals surface area (Å²) in [5.74, 6) is 0. The minimum absolute atomic E-state index is 0.0127. The van der Waals surface area contributed by atoms with Crippen LogP contribution in [0.25, 0.3) is 11.0 Å². The average molecular weight is 203 g/mol. The smallest absolute Gasteiger partial charge is 0.195 e. The molecule has 1 unspecified atom stereocenters. The Balaban J connectivity index is 2.80. The lowest BCUT2D eigenvalue weighted by Crippen LogP contribution is -2.08. The van der Waals surface area contributed by atoms with Gasteiger partial charge in [-0.25, -0.2) is 0 Å². The SMILES string of the molecule is Cc1coc2ccc(C(C)N)cc2c1=O. The van der Waals surface area contributed by atoms with Gasteiger partial charge in [-0.3, -0.25) is 4.79 Å². The van der Waals surface area contributed by atoms with E-state index in [0.717, 1.165) is 5.56 Å². The predicted octanol–water partition coefficient (Wildman–Crippen LogP) is 2.12. The molecule has 0 radical (unpaired) electrons. The van der Waals surface area contributed by atoms with Crippen molar-refractivity contribution in [1.82, 2.24) is 0 Å². The minimum Gasteiger partial charge on any atom is -0.464 e. The van der Waals surface area contributed by atoms with Crippen LogP contribution in [0.4, 0.5) is 0 Å². The van der Waals surface area contributed by atoms with Crippen molar-refractivity contribution in [3.63, 3.8) is 0 Å². The Morgan fingerprint density at radius 2 is 2.13 bits per heavy atom. The molecule has 0 saturated carbocycles. The molecule has 1 aromatic heterocycles. The molecule has 1 aromatic carbocycles. The van der Waals surface area contributed by atoms with Crippen molar-refractivity contribution in [2.24, 2.45) is 5.73 Å². The number of fused-ring (bicyclic) bond motifs is 1. The number of rotatable bonds is 1. The maximum Gasteiger partial charge on any atom is 0.195 e. The molecule has 0 aliphatic carbocycles. The van der Waals surface area contributed by atoms with Crippen LogP contribution in [0.5, 0.6) is 0 Å². The summed E-state index contributed by atoms with van der Waals surface area (Å²) in [6.07, 6.45) is 1.48. The van der Waals surface area contributed by atoms with Gasteiger partial charge in [-0.05, 0) is 31.5 Å². The monoisotopic (exact) mass is 203 g/mol.